The Hall–Kier alpha value is -1.53. The van der Waals surface area contributed by atoms with Gasteiger partial charge in [-0.25, -0.2) is 9.97 Å². The van der Waals surface area contributed by atoms with Gasteiger partial charge in [-0.15, -0.1) is 0 Å². The average molecular weight is 325 g/mol. The molecule has 7 heteroatoms. The van der Waals surface area contributed by atoms with Crippen LogP contribution >= 0.6 is 23.4 Å². The van der Waals surface area contributed by atoms with Crippen molar-refractivity contribution in [1.29, 1.82) is 0 Å². The Balaban J connectivity index is 2.09. The van der Waals surface area contributed by atoms with E-state index in [0.29, 0.717) is 21.6 Å². The molecule has 112 valence electrons. The van der Waals surface area contributed by atoms with Crippen LogP contribution in [0.4, 0.5) is 5.82 Å². The monoisotopic (exact) mass is 324 g/mol. The Morgan fingerprint density at radius 1 is 1.38 bits per heavy atom. The number of pyridine rings is 1. The molecule has 2 aromatic rings. The summed E-state index contributed by atoms with van der Waals surface area (Å²) in [6.45, 7) is 4.76. The van der Waals surface area contributed by atoms with E-state index in [-0.39, 0.29) is 5.56 Å². The second kappa shape index (κ2) is 7.47. The number of aromatic amines is 1. The molecule has 2 aromatic heterocycles. The van der Waals surface area contributed by atoms with Crippen molar-refractivity contribution in [3.63, 3.8) is 0 Å². The Bertz CT molecular complexity index is 674. The number of aromatic nitrogens is 3. The van der Waals surface area contributed by atoms with Gasteiger partial charge in [-0.1, -0.05) is 30.3 Å². The summed E-state index contributed by atoms with van der Waals surface area (Å²) in [6, 6.07) is 5.15. The Morgan fingerprint density at radius 3 is 2.90 bits per heavy atom. The largest absolute Gasteiger partial charge is 0.370 e. The van der Waals surface area contributed by atoms with E-state index in [2.05, 4.69) is 27.2 Å². The summed E-state index contributed by atoms with van der Waals surface area (Å²) >= 11 is 7.57. The first-order valence-electron chi connectivity index (χ1n) is 6.68. The molecule has 0 saturated carbocycles. The van der Waals surface area contributed by atoms with Gasteiger partial charge in [-0.2, -0.15) is 0 Å². The summed E-state index contributed by atoms with van der Waals surface area (Å²) in [5, 5.41) is 4.41. The molecule has 0 fully saturated rings. The van der Waals surface area contributed by atoms with Gasteiger partial charge in [-0.05, 0) is 25.5 Å². The van der Waals surface area contributed by atoms with Crippen molar-refractivity contribution in [2.24, 2.45) is 0 Å². The first-order chi connectivity index (χ1) is 10.1. The van der Waals surface area contributed by atoms with Crippen molar-refractivity contribution in [3.05, 3.63) is 45.0 Å². The van der Waals surface area contributed by atoms with Crippen LogP contribution < -0.4 is 10.9 Å². The highest BCUT2D eigenvalue weighted by Gasteiger charge is 2.07. The molecule has 0 bridgehead atoms. The fourth-order valence-corrected chi connectivity index (χ4v) is 2.82. The minimum absolute atomic E-state index is 0.151. The zero-order valence-corrected chi connectivity index (χ0v) is 13.5. The molecule has 0 aliphatic rings. The first kappa shape index (κ1) is 15.9. The molecule has 0 aromatic carbocycles. The number of nitrogens with one attached hydrogen (secondary N) is 2. The molecule has 0 unspecified atom stereocenters. The maximum Gasteiger partial charge on any atom is 0.251 e. The molecule has 5 nitrogen and oxygen atoms in total. The molecule has 0 saturated heterocycles. The number of hydrogen-bond acceptors (Lipinski definition) is 5. The molecule has 0 atom stereocenters. The minimum Gasteiger partial charge on any atom is -0.370 e. The number of aryl methyl sites for hydroxylation is 1. The summed E-state index contributed by atoms with van der Waals surface area (Å²) in [5.74, 6) is 1.36. The molecule has 2 rings (SSSR count). The van der Waals surface area contributed by atoms with E-state index in [9.17, 15) is 4.79 Å². The quantitative estimate of drug-likeness (QED) is 0.630. The van der Waals surface area contributed by atoms with Gasteiger partial charge in [0.15, 0.2) is 5.16 Å². The molecular formula is C14H17ClN4OS. The molecule has 0 radical (unpaired) electrons. The van der Waals surface area contributed by atoms with Gasteiger partial charge in [0.05, 0.1) is 10.7 Å². The Kier molecular flexibility index (Phi) is 5.64. The second-order valence-corrected chi connectivity index (χ2v) is 5.90. The minimum atomic E-state index is -0.151. The van der Waals surface area contributed by atoms with Crippen LogP contribution in [-0.4, -0.2) is 21.5 Å². The van der Waals surface area contributed by atoms with E-state index in [1.54, 1.807) is 6.92 Å². The van der Waals surface area contributed by atoms with Crippen LogP contribution in [-0.2, 0) is 5.75 Å². The van der Waals surface area contributed by atoms with Gasteiger partial charge >= 0.3 is 0 Å². The fourth-order valence-electron chi connectivity index (χ4n) is 1.69. The highest BCUT2D eigenvalue weighted by atomic mass is 35.5. The highest BCUT2D eigenvalue weighted by molar-refractivity contribution is 7.98. The van der Waals surface area contributed by atoms with E-state index in [1.165, 1.54) is 17.8 Å². The lowest BCUT2D eigenvalue weighted by atomic mass is 10.3. The topological polar surface area (TPSA) is 70.7 Å². The molecule has 2 heterocycles. The number of halogens is 1. The van der Waals surface area contributed by atoms with Crippen molar-refractivity contribution in [1.82, 2.24) is 15.0 Å². The maximum atomic E-state index is 11.4. The normalized spacial score (nSPS) is 10.6. The van der Waals surface area contributed by atoms with Crippen LogP contribution in [0.15, 0.2) is 28.2 Å². The van der Waals surface area contributed by atoms with Crippen LogP contribution in [0.2, 0.25) is 5.02 Å². The van der Waals surface area contributed by atoms with Crippen molar-refractivity contribution in [2.45, 2.75) is 31.2 Å². The third-order valence-corrected chi connectivity index (χ3v) is 3.90. The van der Waals surface area contributed by atoms with Gasteiger partial charge < -0.3 is 10.3 Å². The number of nitrogens with zero attached hydrogens (tertiary/aromatic N) is 2. The number of anilines is 1. The summed E-state index contributed by atoms with van der Waals surface area (Å²) < 4.78 is 0. The van der Waals surface area contributed by atoms with Crippen LogP contribution in [0.3, 0.4) is 0 Å². The zero-order valence-electron chi connectivity index (χ0n) is 11.9. The highest BCUT2D eigenvalue weighted by Crippen LogP contribution is 2.24. The molecular weight excluding hydrogens is 308 g/mol. The van der Waals surface area contributed by atoms with Crippen molar-refractivity contribution >= 4 is 29.2 Å². The second-order valence-electron chi connectivity index (χ2n) is 4.53. The van der Waals surface area contributed by atoms with E-state index in [1.807, 2.05) is 12.1 Å². The third kappa shape index (κ3) is 4.75. The number of thioether (sulfide) groups is 1. The lowest BCUT2D eigenvalue weighted by Crippen LogP contribution is -2.08. The summed E-state index contributed by atoms with van der Waals surface area (Å²) in [5.41, 5.74) is 1.31. The van der Waals surface area contributed by atoms with Gasteiger partial charge in [0, 0.05) is 24.1 Å². The van der Waals surface area contributed by atoms with Gasteiger partial charge in [0.2, 0.25) is 0 Å². The Labute approximate surface area is 132 Å². The Morgan fingerprint density at radius 2 is 2.19 bits per heavy atom. The number of rotatable bonds is 6. The van der Waals surface area contributed by atoms with Crippen molar-refractivity contribution < 1.29 is 0 Å². The van der Waals surface area contributed by atoms with E-state index in [4.69, 9.17) is 11.6 Å². The molecule has 0 aliphatic heterocycles. The summed E-state index contributed by atoms with van der Waals surface area (Å²) in [6.07, 6.45) is 1.03. The number of hydrogen-bond donors (Lipinski definition) is 2. The van der Waals surface area contributed by atoms with E-state index in [0.717, 1.165) is 24.5 Å². The fraction of sp³-hybridized carbons (Fsp3) is 0.357. The predicted octanol–water partition coefficient (Wildman–Crippen LogP) is 3.24. The third-order valence-electron chi connectivity index (χ3n) is 2.67. The van der Waals surface area contributed by atoms with Crippen molar-refractivity contribution in [2.75, 3.05) is 11.9 Å². The smallest absolute Gasteiger partial charge is 0.251 e. The average Bonchev–Trinajstić information content (AvgIpc) is 2.44. The lowest BCUT2D eigenvalue weighted by molar-refractivity contribution is 0.904. The van der Waals surface area contributed by atoms with Crippen molar-refractivity contribution in [3.8, 4) is 0 Å². The SMILES string of the molecule is CCCNc1ccc(Cl)c(CSc2nc(C)cc(=O)[nH]2)n1. The first-order valence-corrected chi connectivity index (χ1v) is 8.05. The molecule has 0 spiro atoms. The molecule has 2 N–H and O–H groups in total. The van der Waals surface area contributed by atoms with Crippen LogP contribution in [0.25, 0.3) is 0 Å². The summed E-state index contributed by atoms with van der Waals surface area (Å²) in [4.78, 5) is 22.9. The zero-order chi connectivity index (χ0) is 15.2. The molecule has 21 heavy (non-hydrogen) atoms. The number of H-pyrrole nitrogens is 1. The molecule has 0 amide bonds. The summed E-state index contributed by atoms with van der Waals surface area (Å²) in [7, 11) is 0. The van der Waals surface area contributed by atoms with Gasteiger partial charge in [0.25, 0.3) is 5.56 Å². The van der Waals surface area contributed by atoms with Gasteiger partial charge in [0.1, 0.15) is 5.82 Å². The lowest BCUT2D eigenvalue weighted by Gasteiger charge is -2.08. The van der Waals surface area contributed by atoms with Gasteiger partial charge in [-0.3, -0.25) is 4.79 Å². The van der Waals surface area contributed by atoms with Crippen LogP contribution in [0.5, 0.6) is 0 Å². The maximum absolute atomic E-state index is 11.4. The standard InChI is InChI=1S/C14H17ClN4OS/c1-3-6-16-12-5-4-10(15)11(18-12)8-21-14-17-9(2)7-13(20)19-14/h4-5,7H,3,6,8H2,1-2H3,(H,16,18)(H,17,19,20). The molecule has 0 aliphatic carbocycles. The van der Waals surface area contributed by atoms with E-state index >= 15 is 0 Å². The van der Waals surface area contributed by atoms with Crippen LogP contribution in [0, 0.1) is 6.92 Å². The van der Waals surface area contributed by atoms with Crippen LogP contribution in [0.1, 0.15) is 24.7 Å². The van der Waals surface area contributed by atoms with E-state index < -0.39 is 0 Å². The predicted molar refractivity (Wildman–Crippen MR) is 87.2 cm³/mol.